The first kappa shape index (κ1) is 12.4. The van der Waals surface area contributed by atoms with Gasteiger partial charge in [-0.15, -0.1) is 0 Å². The van der Waals surface area contributed by atoms with Gasteiger partial charge in [0.05, 0.1) is 29.1 Å². The maximum absolute atomic E-state index is 6.19. The zero-order valence-corrected chi connectivity index (χ0v) is 11.3. The van der Waals surface area contributed by atoms with E-state index in [1.807, 2.05) is 49.4 Å². The molecule has 0 unspecified atom stereocenters. The molecule has 3 N–H and O–H groups in total. The maximum atomic E-state index is 6.19. The summed E-state index contributed by atoms with van der Waals surface area (Å²) in [5, 5.41) is 4.30. The van der Waals surface area contributed by atoms with Gasteiger partial charge < -0.3 is 11.1 Å². The molecular formula is C16H16N4. The highest BCUT2D eigenvalue weighted by Gasteiger charge is 2.05. The molecule has 0 aliphatic rings. The molecule has 4 heteroatoms. The molecule has 3 aromatic rings. The third kappa shape index (κ3) is 2.40. The molecule has 3 rings (SSSR count). The molecule has 0 fully saturated rings. The van der Waals surface area contributed by atoms with E-state index in [1.165, 1.54) is 0 Å². The summed E-state index contributed by atoms with van der Waals surface area (Å²) in [5.41, 5.74) is 10.7. The van der Waals surface area contributed by atoms with Crippen LogP contribution in [0.5, 0.6) is 0 Å². The molecule has 0 amide bonds. The van der Waals surface area contributed by atoms with E-state index in [4.69, 9.17) is 5.73 Å². The Bertz CT molecular complexity index is 752. The number of nitrogens with one attached hydrogen (secondary N) is 1. The lowest BCUT2D eigenvalue weighted by Crippen LogP contribution is -2.05. The van der Waals surface area contributed by atoms with Gasteiger partial charge >= 0.3 is 0 Å². The number of benzene rings is 1. The number of fused-ring (bicyclic) bond motifs is 1. The first-order valence-corrected chi connectivity index (χ1v) is 6.53. The zero-order chi connectivity index (χ0) is 13.9. The number of nitrogens with zero attached hydrogens (tertiary/aromatic N) is 2. The molecule has 0 bridgehead atoms. The van der Waals surface area contributed by atoms with E-state index in [9.17, 15) is 0 Å². The van der Waals surface area contributed by atoms with Crippen LogP contribution >= 0.6 is 0 Å². The van der Waals surface area contributed by atoms with Gasteiger partial charge in [0.15, 0.2) is 0 Å². The molecule has 0 aliphatic carbocycles. The summed E-state index contributed by atoms with van der Waals surface area (Å²) in [5.74, 6) is 0. The predicted molar refractivity (Wildman–Crippen MR) is 82.5 cm³/mol. The molecular weight excluding hydrogens is 248 g/mol. The molecule has 0 radical (unpaired) electrons. The summed E-state index contributed by atoms with van der Waals surface area (Å²) in [7, 11) is 0. The van der Waals surface area contributed by atoms with Crippen molar-refractivity contribution in [2.24, 2.45) is 0 Å². The number of aryl methyl sites for hydroxylation is 1. The topological polar surface area (TPSA) is 63.8 Å². The molecule has 0 aliphatic heterocycles. The van der Waals surface area contributed by atoms with Crippen LogP contribution in [0.1, 0.15) is 11.4 Å². The highest BCUT2D eigenvalue weighted by atomic mass is 14.9. The Labute approximate surface area is 117 Å². The van der Waals surface area contributed by atoms with Crippen molar-refractivity contribution in [3.63, 3.8) is 0 Å². The third-order valence-corrected chi connectivity index (χ3v) is 3.23. The van der Waals surface area contributed by atoms with Crippen LogP contribution in [-0.4, -0.2) is 9.97 Å². The average molecular weight is 264 g/mol. The molecule has 1 aromatic carbocycles. The Morgan fingerprint density at radius 2 is 2.00 bits per heavy atom. The van der Waals surface area contributed by atoms with E-state index < -0.39 is 0 Å². The molecule has 0 spiro atoms. The Morgan fingerprint density at radius 1 is 1.10 bits per heavy atom. The van der Waals surface area contributed by atoms with Crippen LogP contribution < -0.4 is 11.1 Å². The minimum atomic E-state index is 0.650. The summed E-state index contributed by atoms with van der Waals surface area (Å²) in [6.45, 7) is 2.64. The van der Waals surface area contributed by atoms with E-state index in [2.05, 4.69) is 15.3 Å². The van der Waals surface area contributed by atoms with Crippen molar-refractivity contribution in [1.82, 2.24) is 9.97 Å². The van der Waals surface area contributed by atoms with Crippen LogP contribution in [0, 0.1) is 6.92 Å². The standard InChI is InChI=1S/C16H16N4/c1-11-4-2-5-12(20-11)10-19-15-8-7-14-13(16(15)17)6-3-9-18-14/h2-9,19H,10,17H2,1H3. The van der Waals surface area contributed by atoms with Crippen molar-refractivity contribution in [3.05, 3.63) is 60.0 Å². The Balaban J connectivity index is 1.86. The molecule has 20 heavy (non-hydrogen) atoms. The van der Waals surface area contributed by atoms with E-state index in [0.717, 1.165) is 33.7 Å². The lowest BCUT2D eigenvalue weighted by Gasteiger charge is -2.11. The van der Waals surface area contributed by atoms with Gasteiger partial charge in [-0.1, -0.05) is 6.07 Å². The minimum Gasteiger partial charge on any atom is -0.397 e. The fourth-order valence-electron chi connectivity index (χ4n) is 2.21. The van der Waals surface area contributed by atoms with Gasteiger partial charge in [0.2, 0.25) is 0 Å². The number of pyridine rings is 2. The van der Waals surface area contributed by atoms with Crippen LogP contribution in [-0.2, 0) is 6.54 Å². The third-order valence-electron chi connectivity index (χ3n) is 3.23. The fourth-order valence-corrected chi connectivity index (χ4v) is 2.21. The Hall–Kier alpha value is -2.62. The predicted octanol–water partition coefficient (Wildman–Crippen LogP) is 3.13. The van der Waals surface area contributed by atoms with Gasteiger partial charge in [-0.25, -0.2) is 0 Å². The average Bonchev–Trinajstić information content (AvgIpc) is 2.47. The smallest absolute Gasteiger partial charge is 0.0724 e. The normalized spacial score (nSPS) is 10.7. The highest BCUT2D eigenvalue weighted by Crippen LogP contribution is 2.27. The van der Waals surface area contributed by atoms with Gasteiger partial charge in [-0.05, 0) is 43.3 Å². The number of anilines is 2. The molecule has 0 saturated heterocycles. The van der Waals surface area contributed by atoms with Gasteiger partial charge in [0.25, 0.3) is 0 Å². The van der Waals surface area contributed by atoms with Crippen molar-refractivity contribution in [3.8, 4) is 0 Å². The van der Waals surface area contributed by atoms with Crippen molar-refractivity contribution in [2.75, 3.05) is 11.1 Å². The first-order chi connectivity index (χ1) is 9.74. The van der Waals surface area contributed by atoms with E-state index in [0.29, 0.717) is 6.54 Å². The van der Waals surface area contributed by atoms with Crippen LogP contribution in [0.4, 0.5) is 11.4 Å². The summed E-state index contributed by atoms with van der Waals surface area (Å²) in [4.78, 5) is 8.76. The number of nitrogen functional groups attached to an aromatic ring is 1. The summed E-state index contributed by atoms with van der Waals surface area (Å²) in [6.07, 6.45) is 1.77. The number of nitrogens with two attached hydrogens (primary N) is 1. The number of hydrogen-bond acceptors (Lipinski definition) is 4. The fraction of sp³-hybridized carbons (Fsp3) is 0.125. The van der Waals surface area contributed by atoms with Crippen molar-refractivity contribution < 1.29 is 0 Å². The monoisotopic (exact) mass is 264 g/mol. The SMILES string of the molecule is Cc1cccc(CNc2ccc3ncccc3c2N)n1. The van der Waals surface area contributed by atoms with Gasteiger partial charge in [-0.2, -0.15) is 0 Å². The summed E-state index contributed by atoms with van der Waals surface area (Å²) >= 11 is 0. The van der Waals surface area contributed by atoms with E-state index >= 15 is 0 Å². The minimum absolute atomic E-state index is 0.650. The van der Waals surface area contributed by atoms with Gasteiger partial charge in [-0.3, -0.25) is 9.97 Å². The Kier molecular flexibility index (Phi) is 3.21. The molecule has 0 atom stereocenters. The number of aromatic nitrogens is 2. The highest BCUT2D eigenvalue weighted by molar-refractivity contribution is 5.96. The van der Waals surface area contributed by atoms with Gasteiger partial charge in [0, 0.05) is 17.3 Å². The van der Waals surface area contributed by atoms with E-state index in [1.54, 1.807) is 6.20 Å². The largest absolute Gasteiger partial charge is 0.397 e. The van der Waals surface area contributed by atoms with Crippen molar-refractivity contribution in [2.45, 2.75) is 13.5 Å². The molecule has 2 heterocycles. The van der Waals surface area contributed by atoms with E-state index in [-0.39, 0.29) is 0 Å². The summed E-state index contributed by atoms with van der Waals surface area (Å²) in [6, 6.07) is 13.8. The lowest BCUT2D eigenvalue weighted by molar-refractivity contribution is 1.02. The van der Waals surface area contributed by atoms with Crippen LogP contribution in [0.15, 0.2) is 48.7 Å². The Morgan fingerprint density at radius 3 is 2.85 bits per heavy atom. The summed E-state index contributed by atoms with van der Waals surface area (Å²) < 4.78 is 0. The lowest BCUT2D eigenvalue weighted by atomic mass is 10.1. The molecule has 100 valence electrons. The quantitative estimate of drug-likeness (QED) is 0.713. The van der Waals surface area contributed by atoms with Gasteiger partial charge in [0.1, 0.15) is 0 Å². The second-order valence-corrected chi connectivity index (χ2v) is 4.72. The van der Waals surface area contributed by atoms with Crippen LogP contribution in [0.2, 0.25) is 0 Å². The molecule has 4 nitrogen and oxygen atoms in total. The number of hydrogen-bond donors (Lipinski definition) is 2. The van der Waals surface area contributed by atoms with Crippen LogP contribution in [0.25, 0.3) is 10.9 Å². The first-order valence-electron chi connectivity index (χ1n) is 6.53. The second kappa shape index (κ2) is 5.17. The molecule has 0 saturated carbocycles. The molecule has 2 aromatic heterocycles. The second-order valence-electron chi connectivity index (χ2n) is 4.72. The number of rotatable bonds is 3. The van der Waals surface area contributed by atoms with Crippen molar-refractivity contribution >= 4 is 22.3 Å². The zero-order valence-electron chi connectivity index (χ0n) is 11.3. The maximum Gasteiger partial charge on any atom is 0.0724 e. The van der Waals surface area contributed by atoms with Crippen molar-refractivity contribution in [1.29, 1.82) is 0 Å². The van der Waals surface area contributed by atoms with Crippen LogP contribution in [0.3, 0.4) is 0 Å².